The lowest BCUT2D eigenvalue weighted by molar-refractivity contribution is 0.0650. The Bertz CT molecular complexity index is 1180. The van der Waals surface area contributed by atoms with Crippen molar-refractivity contribution < 1.29 is 19.0 Å². The van der Waals surface area contributed by atoms with Crippen molar-refractivity contribution in [3.05, 3.63) is 65.1 Å². The third kappa shape index (κ3) is 3.19. The van der Waals surface area contributed by atoms with Crippen molar-refractivity contribution in [3.8, 4) is 5.75 Å². The molecule has 2 aliphatic heterocycles. The SMILES string of the molecule is COc1ccc2c3c(n(C)c2c1)[C@H](CO)NCC31CCN(C(=O)c2cccc(F)c2)CC1. The number of halogens is 1. The summed E-state index contributed by atoms with van der Waals surface area (Å²) in [6.07, 6.45) is 1.61. The number of aromatic nitrogens is 1. The minimum absolute atomic E-state index is 0.0224. The number of nitrogens with one attached hydrogen (secondary N) is 1. The summed E-state index contributed by atoms with van der Waals surface area (Å²) < 4.78 is 21.2. The van der Waals surface area contributed by atoms with Gasteiger partial charge in [0.1, 0.15) is 11.6 Å². The van der Waals surface area contributed by atoms with Gasteiger partial charge in [-0.1, -0.05) is 6.07 Å². The van der Waals surface area contributed by atoms with Crippen LogP contribution in [0.5, 0.6) is 5.75 Å². The summed E-state index contributed by atoms with van der Waals surface area (Å²) in [5, 5.41) is 14.8. The lowest BCUT2D eigenvalue weighted by atomic mass is 9.69. The highest BCUT2D eigenvalue weighted by molar-refractivity contribution is 5.94. The summed E-state index contributed by atoms with van der Waals surface area (Å²) in [5.41, 5.74) is 3.71. The molecule has 2 N–H and O–H groups in total. The highest BCUT2D eigenvalue weighted by Crippen LogP contribution is 2.47. The van der Waals surface area contributed by atoms with Crippen LogP contribution in [0, 0.1) is 5.82 Å². The van der Waals surface area contributed by atoms with Crippen molar-refractivity contribution in [1.82, 2.24) is 14.8 Å². The van der Waals surface area contributed by atoms with Crippen molar-refractivity contribution in [2.45, 2.75) is 24.3 Å². The predicted molar refractivity (Wildman–Crippen MR) is 121 cm³/mol. The van der Waals surface area contributed by atoms with Crippen molar-refractivity contribution in [2.24, 2.45) is 7.05 Å². The number of amides is 1. The molecule has 6 nitrogen and oxygen atoms in total. The molecule has 32 heavy (non-hydrogen) atoms. The maximum atomic E-state index is 13.6. The zero-order valence-electron chi connectivity index (χ0n) is 18.4. The third-order valence-corrected chi connectivity index (χ3v) is 7.26. The number of hydrogen-bond donors (Lipinski definition) is 2. The number of rotatable bonds is 3. The Hall–Kier alpha value is -2.90. The minimum atomic E-state index is -0.397. The Morgan fingerprint density at radius 3 is 2.72 bits per heavy atom. The summed E-state index contributed by atoms with van der Waals surface area (Å²) in [5.74, 6) is 0.277. The average molecular weight is 438 g/mol. The molecular formula is C25H28FN3O3. The van der Waals surface area contributed by atoms with E-state index in [0.717, 1.165) is 36.3 Å². The summed E-state index contributed by atoms with van der Waals surface area (Å²) in [4.78, 5) is 14.8. The van der Waals surface area contributed by atoms with E-state index in [-0.39, 0.29) is 24.0 Å². The summed E-state index contributed by atoms with van der Waals surface area (Å²) in [7, 11) is 3.70. The Balaban J connectivity index is 1.51. The Morgan fingerprint density at radius 1 is 1.25 bits per heavy atom. The van der Waals surface area contributed by atoms with Gasteiger partial charge in [0.15, 0.2) is 0 Å². The van der Waals surface area contributed by atoms with Crippen LogP contribution in [0.25, 0.3) is 10.9 Å². The first-order valence-electron chi connectivity index (χ1n) is 11.0. The number of carbonyl (C=O) groups is 1. The van der Waals surface area contributed by atoms with Crippen molar-refractivity contribution >= 4 is 16.8 Å². The van der Waals surface area contributed by atoms with E-state index >= 15 is 0 Å². The van der Waals surface area contributed by atoms with Crippen LogP contribution in [-0.2, 0) is 12.5 Å². The molecule has 2 aromatic carbocycles. The monoisotopic (exact) mass is 437 g/mol. The van der Waals surface area contributed by atoms with Gasteiger partial charge in [0.05, 0.1) is 25.3 Å². The number of methoxy groups -OCH3 is 1. The van der Waals surface area contributed by atoms with E-state index in [9.17, 15) is 14.3 Å². The lowest BCUT2D eigenvalue weighted by Gasteiger charge is -2.46. The van der Waals surface area contributed by atoms with Gasteiger partial charge in [-0.15, -0.1) is 0 Å². The van der Waals surface area contributed by atoms with E-state index in [4.69, 9.17) is 4.74 Å². The van der Waals surface area contributed by atoms with Crippen LogP contribution < -0.4 is 10.1 Å². The van der Waals surface area contributed by atoms with Gasteiger partial charge in [0, 0.05) is 54.8 Å². The van der Waals surface area contributed by atoms with Gasteiger partial charge in [-0.25, -0.2) is 4.39 Å². The van der Waals surface area contributed by atoms with E-state index in [1.165, 1.54) is 23.1 Å². The Labute approximate surface area is 186 Å². The summed E-state index contributed by atoms with van der Waals surface area (Å²) >= 11 is 0. The molecule has 5 rings (SSSR count). The smallest absolute Gasteiger partial charge is 0.253 e. The molecule has 1 saturated heterocycles. The Morgan fingerprint density at radius 2 is 2.03 bits per heavy atom. The summed E-state index contributed by atoms with van der Waals surface area (Å²) in [6, 6.07) is 11.9. The molecule has 3 aromatic rings. The normalized spacial score (nSPS) is 19.9. The van der Waals surface area contributed by atoms with Gasteiger partial charge in [-0.3, -0.25) is 4.79 Å². The lowest BCUT2D eigenvalue weighted by Crippen LogP contribution is -2.53. The maximum absolute atomic E-state index is 13.6. The van der Waals surface area contributed by atoms with Crippen LogP contribution in [0.2, 0.25) is 0 Å². The fourth-order valence-electron chi connectivity index (χ4n) is 5.55. The number of aliphatic hydroxyl groups is 1. The molecule has 7 heteroatoms. The fraction of sp³-hybridized carbons (Fsp3) is 0.400. The molecule has 1 atom stereocenters. The van der Waals surface area contributed by atoms with E-state index in [2.05, 4.69) is 16.0 Å². The number of aryl methyl sites for hydroxylation is 1. The average Bonchev–Trinajstić information content (AvgIpc) is 3.12. The van der Waals surface area contributed by atoms with Crippen LogP contribution in [0.15, 0.2) is 42.5 Å². The standard InChI is InChI=1S/C25H28FN3O3/c1-28-21-13-18(32-2)6-7-19(21)22-23(28)20(14-30)27-15-25(22)8-10-29(11-9-25)24(31)16-4-3-5-17(26)12-16/h3-7,12-13,20,27,30H,8-11,14-15H2,1-2H3/t20-/m0/s1. The molecule has 3 heterocycles. The van der Waals surface area contributed by atoms with Crippen LogP contribution in [0.3, 0.4) is 0 Å². The van der Waals surface area contributed by atoms with Crippen molar-refractivity contribution in [3.63, 3.8) is 0 Å². The van der Waals surface area contributed by atoms with Gasteiger partial charge < -0.3 is 24.6 Å². The number of aliphatic hydroxyl groups excluding tert-OH is 1. The second-order valence-electron chi connectivity index (χ2n) is 8.90. The molecule has 0 unspecified atom stereocenters. The number of ether oxygens (including phenoxy) is 1. The molecule has 1 spiro atoms. The van der Waals surface area contributed by atoms with E-state index in [0.29, 0.717) is 18.7 Å². The number of benzene rings is 2. The second kappa shape index (κ2) is 7.90. The first-order valence-corrected chi connectivity index (χ1v) is 11.0. The second-order valence-corrected chi connectivity index (χ2v) is 8.90. The van der Waals surface area contributed by atoms with Gasteiger partial charge in [-0.2, -0.15) is 0 Å². The largest absolute Gasteiger partial charge is 0.497 e. The molecule has 0 aliphatic carbocycles. The number of piperidine rings is 1. The molecule has 0 saturated carbocycles. The fourth-order valence-corrected chi connectivity index (χ4v) is 5.55. The van der Waals surface area contributed by atoms with Crippen LogP contribution in [-0.4, -0.2) is 53.8 Å². The highest BCUT2D eigenvalue weighted by Gasteiger charge is 2.45. The molecule has 1 fully saturated rings. The quantitative estimate of drug-likeness (QED) is 0.661. The zero-order valence-corrected chi connectivity index (χ0v) is 18.4. The Kier molecular flexibility index (Phi) is 5.18. The highest BCUT2D eigenvalue weighted by atomic mass is 19.1. The third-order valence-electron chi connectivity index (χ3n) is 7.26. The number of likely N-dealkylation sites (tertiary alicyclic amines) is 1. The summed E-state index contributed by atoms with van der Waals surface area (Å²) in [6.45, 7) is 1.98. The minimum Gasteiger partial charge on any atom is -0.497 e. The van der Waals surface area contributed by atoms with E-state index in [1.54, 1.807) is 19.2 Å². The van der Waals surface area contributed by atoms with Crippen LogP contribution in [0.4, 0.5) is 4.39 Å². The maximum Gasteiger partial charge on any atom is 0.253 e. The molecular weight excluding hydrogens is 409 g/mol. The van der Waals surface area contributed by atoms with Gasteiger partial charge >= 0.3 is 0 Å². The number of hydrogen-bond acceptors (Lipinski definition) is 4. The van der Waals surface area contributed by atoms with Crippen molar-refractivity contribution in [2.75, 3.05) is 33.4 Å². The van der Waals surface area contributed by atoms with Gasteiger partial charge in [0.25, 0.3) is 5.91 Å². The topological polar surface area (TPSA) is 66.7 Å². The van der Waals surface area contributed by atoms with Crippen LogP contribution >= 0.6 is 0 Å². The van der Waals surface area contributed by atoms with E-state index in [1.807, 2.05) is 24.1 Å². The molecule has 0 radical (unpaired) electrons. The van der Waals surface area contributed by atoms with Crippen molar-refractivity contribution in [1.29, 1.82) is 0 Å². The number of nitrogens with zero attached hydrogens (tertiary/aromatic N) is 2. The van der Waals surface area contributed by atoms with Crippen LogP contribution in [0.1, 0.15) is 40.5 Å². The molecule has 2 aliphatic rings. The molecule has 168 valence electrons. The predicted octanol–water partition coefficient (Wildman–Crippen LogP) is 3.14. The number of carbonyl (C=O) groups excluding carboxylic acids is 1. The first kappa shape index (κ1) is 21.0. The molecule has 1 amide bonds. The van der Waals surface area contributed by atoms with Gasteiger partial charge in [-0.05, 0) is 48.7 Å². The molecule has 0 bridgehead atoms. The van der Waals surface area contributed by atoms with E-state index < -0.39 is 5.82 Å². The number of fused-ring (bicyclic) bond motifs is 4. The zero-order chi connectivity index (χ0) is 22.5. The molecule has 1 aromatic heterocycles. The first-order chi connectivity index (χ1) is 15.5. The van der Waals surface area contributed by atoms with Gasteiger partial charge in [0.2, 0.25) is 0 Å².